The lowest BCUT2D eigenvalue weighted by Crippen LogP contribution is -2.51. The van der Waals surface area contributed by atoms with Crippen molar-refractivity contribution in [3.05, 3.63) is 284 Å². The molecule has 0 bridgehead atoms. The molecule has 10 aromatic carbocycles. The van der Waals surface area contributed by atoms with Crippen molar-refractivity contribution in [2.24, 2.45) is 0 Å². The van der Waals surface area contributed by atoms with Crippen molar-refractivity contribution >= 4 is 57.0 Å². The molecule has 0 N–H and O–H groups in total. The Balaban J connectivity index is 0.935. The van der Waals surface area contributed by atoms with E-state index in [-0.39, 0.29) is 40.1 Å². The fourth-order valence-electron chi connectivity index (χ4n) is 11.3. The van der Waals surface area contributed by atoms with Gasteiger partial charge in [0.25, 0.3) is 6.33 Å². The molecule has 4 heterocycles. The van der Waals surface area contributed by atoms with Gasteiger partial charge in [0.1, 0.15) is 22.9 Å². The molecule has 0 unspecified atom stereocenters. The highest BCUT2D eigenvalue weighted by Crippen LogP contribution is 2.44. The molecule has 0 aliphatic carbocycles. The zero-order chi connectivity index (χ0) is 62.4. The Bertz CT molecular complexity index is 4850. The van der Waals surface area contributed by atoms with Crippen LogP contribution in [-0.4, -0.2) is 16.3 Å². The fourth-order valence-corrected chi connectivity index (χ4v) is 11.3. The summed E-state index contributed by atoms with van der Waals surface area (Å²) in [5.74, 6) is 2.35. The second-order valence-electron chi connectivity index (χ2n) is 20.9. The molecule has 3 aromatic heterocycles. The number of aromatic nitrogens is 3. The third kappa shape index (κ3) is 8.74. The maximum Gasteiger partial charge on any atom is 0.269 e. The average Bonchev–Trinajstić information content (AvgIpc) is 1.43. The van der Waals surface area contributed by atoms with E-state index in [2.05, 4.69) is 135 Å². The molecule has 7 heteroatoms. The summed E-state index contributed by atoms with van der Waals surface area (Å²) in [6.07, 6.45) is 5.96. The molecule has 0 fully saturated rings. The molecule has 14 rings (SSSR count). The first-order valence-electron chi connectivity index (χ1n) is 31.6. The van der Waals surface area contributed by atoms with Crippen LogP contribution in [0, 0.1) is 6.33 Å². The van der Waals surface area contributed by atoms with Crippen LogP contribution in [0.25, 0.3) is 77.9 Å². The van der Waals surface area contributed by atoms with E-state index in [1.807, 2.05) is 85.1 Å². The van der Waals surface area contributed by atoms with Crippen molar-refractivity contribution in [3.8, 4) is 67.4 Å². The molecule has 0 saturated heterocycles. The number of benzene rings is 10. The van der Waals surface area contributed by atoms with Gasteiger partial charge in [-0.25, -0.2) is 4.98 Å². The number of fused-ring (bicyclic) bond motifs is 5. The molecule has 0 saturated carbocycles. The lowest BCUT2D eigenvalue weighted by Gasteiger charge is -2.34. The summed E-state index contributed by atoms with van der Waals surface area (Å²) < 4.78 is 106. The van der Waals surface area contributed by atoms with Gasteiger partial charge in [-0.15, -0.1) is 0 Å². The van der Waals surface area contributed by atoms with Gasteiger partial charge in [-0.3, -0.25) is 14.0 Å². The maximum atomic E-state index is 9.15. The van der Waals surface area contributed by atoms with E-state index in [0.717, 1.165) is 55.4 Å². The van der Waals surface area contributed by atoms with Gasteiger partial charge >= 0.3 is 0 Å². The Labute approximate surface area is 481 Å². The standard InChI is InChI=1S/C73H55BN4O2/c1-73(2,3)54-43-44-75-69(45-54)78-67-47-57(41-42-64(67)74(70-62-33-16-19-40-68(62)80-72(70)78)48-63-58(50-23-8-4-9-24-50)34-21-35-59(63)51-25-10-5-11-26-51)79-56-32-20-31-55(46-56)76-49-77(66-39-18-17-38-65(66)76)71-60(52-27-12-6-13-28-52)36-22-37-61(71)53-29-14-7-15-30-53/h4-47H,48H2,1-3H3/i6D,7D,12D,13D,14D,15D,27D,28D,29D,30D. The number of ether oxygens (including phenoxy) is 1. The number of pyridine rings is 1. The molecule has 13 aromatic rings. The lowest BCUT2D eigenvalue weighted by molar-refractivity contribution is -0.571. The number of anilines is 3. The minimum absolute atomic E-state index is 0.142. The number of furan rings is 1. The molecular formula is C73H55BN4O2. The fraction of sp³-hybridized carbons (Fsp3) is 0.0685. The number of nitrogens with zero attached hydrogens (tertiary/aromatic N) is 4. The third-order valence-electron chi connectivity index (χ3n) is 15.1. The second-order valence-corrected chi connectivity index (χ2v) is 20.9. The monoisotopic (exact) mass is 1040 g/mol. The third-order valence-corrected chi connectivity index (χ3v) is 15.1. The Morgan fingerprint density at radius 1 is 0.588 bits per heavy atom. The molecule has 1 aliphatic rings. The summed E-state index contributed by atoms with van der Waals surface area (Å²) in [7, 11) is 0. The quantitative estimate of drug-likeness (QED) is 0.0736. The second kappa shape index (κ2) is 20.1. The van der Waals surface area contributed by atoms with Crippen LogP contribution in [0.4, 0.5) is 17.4 Å². The van der Waals surface area contributed by atoms with Crippen molar-refractivity contribution in [1.82, 2.24) is 9.55 Å². The van der Waals surface area contributed by atoms with Crippen molar-refractivity contribution in [2.75, 3.05) is 4.90 Å². The van der Waals surface area contributed by atoms with Gasteiger partial charge in [0.05, 0.1) is 36.1 Å². The highest BCUT2D eigenvalue weighted by molar-refractivity contribution is 6.89. The molecule has 0 amide bonds. The van der Waals surface area contributed by atoms with Crippen molar-refractivity contribution < 1.29 is 27.4 Å². The van der Waals surface area contributed by atoms with Gasteiger partial charge in [0, 0.05) is 23.3 Å². The predicted octanol–water partition coefficient (Wildman–Crippen LogP) is 16.8. The van der Waals surface area contributed by atoms with E-state index < -0.39 is 60.4 Å². The van der Waals surface area contributed by atoms with Crippen LogP contribution in [0.15, 0.2) is 271 Å². The highest BCUT2D eigenvalue weighted by Gasteiger charge is 2.40. The summed E-state index contributed by atoms with van der Waals surface area (Å²) in [6, 6.07) is 60.7. The Kier molecular flexibility index (Phi) is 9.69. The van der Waals surface area contributed by atoms with E-state index in [9.17, 15) is 0 Å². The van der Waals surface area contributed by atoms with E-state index in [1.165, 1.54) is 5.56 Å². The summed E-state index contributed by atoms with van der Waals surface area (Å²) >= 11 is 0. The van der Waals surface area contributed by atoms with Gasteiger partial charge in [0.2, 0.25) is 12.6 Å². The highest BCUT2D eigenvalue weighted by atomic mass is 16.5. The molecule has 0 spiro atoms. The van der Waals surface area contributed by atoms with Crippen LogP contribution >= 0.6 is 0 Å². The average molecular weight is 1040 g/mol. The van der Waals surface area contributed by atoms with Crippen LogP contribution in [0.3, 0.4) is 0 Å². The van der Waals surface area contributed by atoms with Gasteiger partial charge < -0.3 is 9.15 Å². The SMILES string of the molecule is [2H]c1c([2H])c([2H])c(-c2cccc(-c3c([2H])c([2H])c([2H])c([2H])c3[2H])c2-[n+]2[c-]n(-c3cccc(Oc4ccc5c(c4)N(c4cc(C(C)(C)C)ccn4)c4oc6ccccc6c4B5Cc4c(-c5ccccc5)cccc4-c4ccccc4)c3)c3ccccc32)c([2H])c1[2H]. The minimum Gasteiger partial charge on any atom is -0.458 e. The van der Waals surface area contributed by atoms with E-state index >= 15 is 0 Å². The molecule has 0 radical (unpaired) electrons. The molecular weight excluding hydrogens is 976 g/mol. The molecule has 1 aliphatic heterocycles. The summed E-state index contributed by atoms with van der Waals surface area (Å²) in [5.41, 5.74) is 12.2. The Morgan fingerprint density at radius 2 is 1.20 bits per heavy atom. The van der Waals surface area contributed by atoms with E-state index in [4.69, 9.17) is 27.8 Å². The van der Waals surface area contributed by atoms with E-state index in [1.54, 1.807) is 27.3 Å². The number of imidazole rings is 1. The van der Waals surface area contributed by atoms with E-state index in [0.29, 0.717) is 46.2 Å². The van der Waals surface area contributed by atoms with Gasteiger partial charge in [-0.2, -0.15) is 0 Å². The zero-order valence-corrected chi connectivity index (χ0v) is 44.0. The summed E-state index contributed by atoms with van der Waals surface area (Å²) in [6.45, 7) is 6.34. The van der Waals surface area contributed by atoms with Gasteiger partial charge in [-0.1, -0.05) is 233 Å². The number of para-hydroxylation sites is 4. The van der Waals surface area contributed by atoms with Crippen molar-refractivity contribution in [2.45, 2.75) is 32.5 Å². The maximum absolute atomic E-state index is 9.15. The lowest BCUT2D eigenvalue weighted by atomic mass is 9.36. The number of rotatable bonds is 11. The topological polar surface area (TPSA) is 47.3 Å². The molecule has 382 valence electrons. The molecule has 80 heavy (non-hydrogen) atoms. The number of hydrogen-bond acceptors (Lipinski definition) is 4. The zero-order valence-electron chi connectivity index (χ0n) is 54.0. The molecule has 0 atom stereocenters. The van der Waals surface area contributed by atoms with Crippen LogP contribution in [0.5, 0.6) is 11.5 Å². The van der Waals surface area contributed by atoms with Crippen LogP contribution < -0.4 is 25.1 Å². The van der Waals surface area contributed by atoms with Crippen LogP contribution in [0.1, 0.15) is 45.6 Å². The van der Waals surface area contributed by atoms with Crippen molar-refractivity contribution in [1.29, 1.82) is 0 Å². The summed E-state index contributed by atoms with van der Waals surface area (Å²) in [4.78, 5) is 7.21. The molecule has 6 nitrogen and oxygen atoms in total. The summed E-state index contributed by atoms with van der Waals surface area (Å²) in [5, 5.41) is 1.01. The van der Waals surface area contributed by atoms with Crippen molar-refractivity contribution in [3.63, 3.8) is 0 Å². The smallest absolute Gasteiger partial charge is 0.269 e. The Morgan fingerprint density at radius 3 is 1.89 bits per heavy atom. The first kappa shape index (κ1) is 38.6. The van der Waals surface area contributed by atoms with Gasteiger partial charge in [-0.05, 0) is 121 Å². The predicted molar refractivity (Wildman–Crippen MR) is 328 cm³/mol. The largest absolute Gasteiger partial charge is 0.458 e. The minimum atomic E-state index is -0.576. The van der Waals surface area contributed by atoms with Crippen LogP contribution in [-0.2, 0) is 11.7 Å². The number of hydrogen-bond donors (Lipinski definition) is 0. The normalized spacial score (nSPS) is 13.9. The first-order valence-corrected chi connectivity index (χ1v) is 26.6. The Hall–Kier alpha value is -9.98. The first-order chi connectivity index (χ1) is 43.5. The van der Waals surface area contributed by atoms with Gasteiger partial charge in [0.15, 0.2) is 0 Å². The van der Waals surface area contributed by atoms with Crippen LogP contribution in [0.2, 0.25) is 0 Å².